The molecule has 5 N–H and O–H groups in total. The molecule has 1 aliphatic heterocycles. The molecule has 0 amide bonds. The van der Waals surface area contributed by atoms with Crippen molar-refractivity contribution >= 4 is 18.6 Å². The number of carboxylic acid groups (broad SMARTS) is 1. The highest BCUT2D eigenvalue weighted by atomic mass is 32.1. The van der Waals surface area contributed by atoms with E-state index in [4.69, 9.17) is 16.1 Å². The lowest BCUT2D eigenvalue weighted by Crippen LogP contribution is -2.45. The van der Waals surface area contributed by atoms with Crippen LogP contribution in [0.1, 0.15) is 12.8 Å². The third kappa shape index (κ3) is 3.30. The lowest BCUT2D eigenvalue weighted by molar-refractivity contribution is -0.137. The van der Waals surface area contributed by atoms with E-state index in [9.17, 15) is 4.79 Å². The first kappa shape index (κ1) is 12.7. The number of β-amino-alcohol motifs (C(OH)–C–C–N with tert-alkyl or cyclic N) is 1. The van der Waals surface area contributed by atoms with Gasteiger partial charge in [-0.2, -0.15) is 0 Å². The van der Waals surface area contributed by atoms with Gasteiger partial charge in [0, 0.05) is 13.0 Å². The second-order valence-electron chi connectivity index (χ2n) is 3.28. The minimum atomic E-state index is -0.866. The molecule has 1 aliphatic rings. The van der Waals surface area contributed by atoms with Crippen LogP contribution in [0.2, 0.25) is 0 Å². The van der Waals surface area contributed by atoms with Crippen LogP contribution < -0.4 is 11.3 Å². The number of nitrogens with two attached hydrogens (primary N) is 1. The van der Waals surface area contributed by atoms with E-state index in [0.717, 1.165) is 0 Å². The first-order valence-corrected chi connectivity index (χ1v) is 5.14. The Morgan fingerprint density at radius 1 is 1.60 bits per heavy atom. The Kier molecular flexibility index (Phi) is 4.77. The number of carboxylic acids is 1. The van der Waals surface area contributed by atoms with Crippen molar-refractivity contribution in [1.82, 2.24) is 15.4 Å². The lowest BCUT2D eigenvalue weighted by Gasteiger charge is -2.25. The predicted octanol–water partition coefficient (Wildman–Crippen LogP) is -1.62. The molecule has 0 radical (unpaired) electrons. The first-order valence-electron chi connectivity index (χ1n) is 4.63. The van der Waals surface area contributed by atoms with Crippen molar-refractivity contribution in [3.63, 3.8) is 0 Å². The maximum absolute atomic E-state index is 10.4. The Labute approximate surface area is 93.2 Å². The molecular formula is C7H16N4O3S. The fraction of sp³-hybridized carbons (Fsp3) is 0.857. The molecule has 88 valence electrons. The molecule has 0 aromatic heterocycles. The van der Waals surface area contributed by atoms with Crippen LogP contribution in [-0.4, -0.2) is 51.0 Å². The Morgan fingerprint density at radius 2 is 2.27 bits per heavy atom. The normalized spacial score (nSPS) is 28.5. The summed E-state index contributed by atoms with van der Waals surface area (Å²) in [5, 5.41) is 20.5. The van der Waals surface area contributed by atoms with Gasteiger partial charge in [0.2, 0.25) is 0 Å². The van der Waals surface area contributed by atoms with Crippen molar-refractivity contribution in [3.05, 3.63) is 0 Å². The summed E-state index contributed by atoms with van der Waals surface area (Å²) in [7, 11) is 0. The number of aliphatic hydroxyl groups is 1. The third-order valence-electron chi connectivity index (χ3n) is 2.22. The molecule has 0 aromatic rings. The maximum Gasteiger partial charge on any atom is 0.303 e. The Balaban J connectivity index is 2.52. The second kappa shape index (κ2) is 5.64. The zero-order chi connectivity index (χ0) is 11.4. The molecule has 2 atom stereocenters. The van der Waals surface area contributed by atoms with E-state index in [0.29, 0.717) is 13.0 Å². The Bertz CT molecular complexity index is 230. The van der Waals surface area contributed by atoms with Crippen LogP contribution in [-0.2, 0) is 4.79 Å². The molecule has 2 unspecified atom stereocenters. The first-order chi connectivity index (χ1) is 7.06. The molecule has 8 heteroatoms. The van der Waals surface area contributed by atoms with E-state index in [1.165, 1.54) is 5.01 Å². The highest BCUT2D eigenvalue weighted by molar-refractivity contribution is 7.80. The van der Waals surface area contributed by atoms with Crippen molar-refractivity contribution < 1.29 is 15.0 Å². The molecule has 0 saturated carbocycles. The van der Waals surface area contributed by atoms with Crippen molar-refractivity contribution in [2.75, 3.05) is 13.2 Å². The summed E-state index contributed by atoms with van der Waals surface area (Å²) in [5.74, 6) is 4.84. The minimum Gasteiger partial charge on any atom is -0.481 e. The number of aliphatic carboxylic acids is 1. The predicted molar refractivity (Wildman–Crippen MR) is 56.4 cm³/mol. The van der Waals surface area contributed by atoms with Gasteiger partial charge in [-0.05, 0) is 6.42 Å². The highest BCUT2D eigenvalue weighted by Gasteiger charge is 2.35. The molecule has 1 fully saturated rings. The molecular weight excluding hydrogens is 220 g/mol. The summed E-state index contributed by atoms with van der Waals surface area (Å²) >= 11 is 4.16. The van der Waals surface area contributed by atoms with Gasteiger partial charge in [-0.1, -0.05) is 0 Å². The van der Waals surface area contributed by atoms with Crippen LogP contribution in [0.3, 0.4) is 0 Å². The van der Waals surface area contributed by atoms with Gasteiger partial charge in [0.25, 0.3) is 0 Å². The molecule has 15 heavy (non-hydrogen) atoms. The zero-order valence-electron chi connectivity index (χ0n) is 8.20. The van der Waals surface area contributed by atoms with E-state index in [2.05, 4.69) is 18.1 Å². The average molecular weight is 236 g/mol. The summed E-state index contributed by atoms with van der Waals surface area (Å²) in [5.41, 5.74) is 2.57. The number of thiol groups is 1. The molecule has 1 heterocycles. The fourth-order valence-corrected chi connectivity index (χ4v) is 1.81. The lowest BCUT2D eigenvalue weighted by atomic mass is 10.2. The van der Waals surface area contributed by atoms with Crippen molar-refractivity contribution in [3.8, 4) is 0 Å². The topological polar surface area (TPSA) is 102 Å². The second-order valence-corrected chi connectivity index (χ2v) is 3.77. The number of hydrogen-bond donors (Lipinski definition) is 5. The monoisotopic (exact) mass is 236 g/mol. The molecule has 7 nitrogen and oxygen atoms in total. The summed E-state index contributed by atoms with van der Waals surface area (Å²) in [6, 6.07) is 0. The van der Waals surface area contributed by atoms with Crippen LogP contribution in [0.4, 0.5) is 0 Å². The van der Waals surface area contributed by atoms with E-state index < -0.39 is 5.97 Å². The Hall–Kier alpha value is -0.380. The van der Waals surface area contributed by atoms with Crippen LogP contribution in [0, 0.1) is 0 Å². The number of hydrogen-bond acceptors (Lipinski definition) is 7. The average Bonchev–Trinajstić information content (AvgIpc) is 2.41. The van der Waals surface area contributed by atoms with Crippen LogP contribution in [0.5, 0.6) is 0 Å². The summed E-state index contributed by atoms with van der Waals surface area (Å²) in [6.07, 6.45) is 0.161. The smallest absolute Gasteiger partial charge is 0.303 e. The summed E-state index contributed by atoms with van der Waals surface area (Å²) < 4.78 is 0. The largest absolute Gasteiger partial charge is 0.481 e. The van der Waals surface area contributed by atoms with Gasteiger partial charge in [0.15, 0.2) is 0 Å². The SMILES string of the molecule is NN1C(S)NN(CCO)C1CCC(=O)O. The van der Waals surface area contributed by atoms with Crippen LogP contribution in [0.15, 0.2) is 0 Å². The summed E-state index contributed by atoms with van der Waals surface area (Å²) in [4.78, 5) is 10.4. The maximum atomic E-state index is 10.4. The zero-order valence-corrected chi connectivity index (χ0v) is 9.10. The highest BCUT2D eigenvalue weighted by Crippen LogP contribution is 2.18. The van der Waals surface area contributed by atoms with E-state index in [1.807, 2.05) is 0 Å². The van der Waals surface area contributed by atoms with E-state index in [-0.39, 0.29) is 24.7 Å². The van der Waals surface area contributed by atoms with Crippen molar-refractivity contribution in [2.45, 2.75) is 24.5 Å². The fourth-order valence-electron chi connectivity index (χ4n) is 1.50. The minimum absolute atomic E-state index is 0.0229. The van der Waals surface area contributed by atoms with Crippen molar-refractivity contribution in [1.29, 1.82) is 0 Å². The number of aliphatic hydroxyl groups excluding tert-OH is 1. The quantitative estimate of drug-likeness (QED) is 0.289. The molecule has 0 aliphatic carbocycles. The number of nitrogens with one attached hydrogen (secondary N) is 1. The molecule has 0 aromatic carbocycles. The standard InChI is InChI=1S/C7H16N4O3S/c8-11-5(1-2-6(13)14)10(3-4-12)9-7(11)15/h5,7,9,12,15H,1-4,8H2,(H,13,14). The third-order valence-corrected chi connectivity index (χ3v) is 2.61. The molecule has 1 rings (SSSR count). The van der Waals surface area contributed by atoms with Crippen LogP contribution >= 0.6 is 12.6 Å². The van der Waals surface area contributed by atoms with Gasteiger partial charge >= 0.3 is 5.97 Å². The number of carbonyl (C=O) groups is 1. The van der Waals surface area contributed by atoms with Crippen molar-refractivity contribution in [2.24, 2.45) is 5.84 Å². The van der Waals surface area contributed by atoms with E-state index >= 15 is 0 Å². The summed E-state index contributed by atoms with van der Waals surface area (Å²) in [6.45, 7) is 0.361. The Morgan fingerprint density at radius 3 is 2.80 bits per heavy atom. The van der Waals surface area contributed by atoms with Gasteiger partial charge in [0.05, 0.1) is 12.8 Å². The molecule has 1 saturated heterocycles. The molecule has 0 bridgehead atoms. The molecule has 0 spiro atoms. The van der Waals surface area contributed by atoms with E-state index in [1.54, 1.807) is 5.01 Å². The van der Waals surface area contributed by atoms with Gasteiger partial charge in [-0.3, -0.25) is 10.6 Å². The van der Waals surface area contributed by atoms with Gasteiger partial charge in [-0.25, -0.2) is 15.4 Å². The number of hydrazine groups is 2. The van der Waals surface area contributed by atoms with Crippen LogP contribution in [0.25, 0.3) is 0 Å². The van der Waals surface area contributed by atoms with Gasteiger partial charge < -0.3 is 10.2 Å². The van der Waals surface area contributed by atoms with Gasteiger partial charge in [0.1, 0.15) is 5.50 Å². The van der Waals surface area contributed by atoms with Gasteiger partial charge in [-0.15, -0.1) is 12.6 Å². The number of rotatable bonds is 5. The number of nitrogens with zero attached hydrogens (tertiary/aromatic N) is 2.